The number of rotatable bonds is 5. The number of hydrogen-bond donors (Lipinski definition) is 0. The number of carbonyl (C=O) groups is 2. The van der Waals surface area contributed by atoms with E-state index >= 15 is 0 Å². The average Bonchev–Trinajstić information content (AvgIpc) is 3.20. The number of fused-ring (bicyclic) bond motifs is 3. The Bertz CT molecular complexity index is 1360. The van der Waals surface area contributed by atoms with Crippen LogP contribution < -0.4 is 4.74 Å². The van der Waals surface area contributed by atoms with Crippen molar-refractivity contribution < 1.29 is 23.1 Å². The number of carbonyl (C=O) groups excluding carboxylic acids is 2. The van der Waals surface area contributed by atoms with Crippen LogP contribution in [0.3, 0.4) is 0 Å². The summed E-state index contributed by atoms with van der Waals surface area (Å²) in [5, 5.41) is 5.43. The fraction of sp³-hybridized carbons (Fsp3) is 0.370. The maximum absolute atomic E-state index is 13.8. The number of hydrogen-bond acceptors (Lipinski definition) is 4. The molecule has 0 saturated carbocycles. The van der Waals surface area contributed by atoms with E-state index in [0.29, 0.717) is 40.7 Å². The van der Waals surface area contributed by atoms with Gasteiger partial charge in [0.2, 0.25) is 0 Å². The maximum Gasteiger partial charge on any atom is 0.387 e. The zero-order valence-corrected chi connectivity index (χ0v) is 21.8. The fourth-order valence-corrected chi connectivity index (χ4v) is 5.56. The highest BCUT2D eigenvalue weighted by atomic mass is 35.5. The Balaban J connectivity index is 1.39. The van der Waals surface area contributed by atoms with Crippen LogP contribution in [0, 0.1) is 11.8 Å². The van der Waals surface area contributed by atoms with E-state index in [9.17, 15) is 18.4 Å². The summed E-state index contributed by atoms with van der Waals surface area (Å²) in [5.41, 5.74) is 3.47. The number of halogens is 4. The van der Waals surface area contributed by atoms with E-state index in [1.165, 1.54) is 12.1 Å². The number of Topliss-reactive ketones (excluding diaryl/α,β-unsaturated/α-hetero) is 1. The van der Waals surface area contributed by atoms with Gasteiger partial charge >= 0.3 is 6.61 Å². The van der Waals surface area contributed by atoms with Crippen molar-refractivity contribution in [2.24, 2.45) is 11.8 Å². The fourth-order valence-electron chi connectivity index (χ4n) is 5.26. The van der Waals surface area contributed by atoms with Gasteiger partial charge in [0, 0.05) is 36.1 Å². The largest absolute Gasteiger partial charge is 0.435 e. The number of amides is 1. The molecule has 2 aliphatic heterocycles. The second kappa shape index (κ2) is 10.1. The number of ether oxygens (including phenoxy) is 1. The van der Waals surface area contributed by atoms with Crippen LogP contribution in [0.15, 0.2) is 42.5 Å². The SMILES string of the molecule is CC1Cn2nc3c(c2C(=O)C1Cc1ccc(OC(F)F)cc1)CN(C(=O)c1ccc(Cl)c(Cl)c1)[C@H](C)C3. The first-order valence-corrected chi connectivity index (χ1v) is 12.8. The molecular weight excluding hydrogens is 523 g/mol. The van der Waals surface area contributed by atoms with E-state index in [2.05, 4.69) is 4.74 Å². The van der Waals surface area contributed by atoms with Crippen molar-refractivity contribution in [1.82, 2.24) is 14.7 Å². The summed E-state index contributed by atoms with van der Waals surface area (Å²) in [6, 6.07) is 11.1. The molecule has 2 unspecified atom stereocenters. The highest BCUT2D eigenvalue weighted by Gasteiger charge is 2.40. The van der Waals surface area contributed by atoms with Crippen molar-refractivity contribution in [3.63, 3.8) is 0 Å². The van der Waals surface area contributed by atoms with Gasteiger partial charge in [0.25, 0.3) is 5.91 Å². The molecule has 10 heteroatoms. The molecule has 1 amide bonds. The van der Waals surface area contributed by atoms with E-state index in [0.717, 1.165) is 16.8 Å². The Labute approximate surface area is 223 Å². The number of aromatic nitrogens is 2. The summed E-state index contributed by atoms with van der Waals surface area (Å²) in [7, 11) is 0. The topological polar surface area (TPSA) is 64.4 Å². The van der Waals surface area contributed by atoms with Gasteiger partial charge in [-0.2, -0.15) is 13.9 Å². The van der Waals surface area contributed by atoms with E-state index in [4.69, 9.17) is 28.3 Å². The zero-order valence-electron chi connectivity index (χ0n) is 20.3. The molecule has 0 aliphatic carbocycles. The zero-order chi connectivity index (χ0) is 26.4. The molecule has 3 heterocycles. The summed E-state index contributed by atoms with van der Waals surface area (Å²) in [6.45, 7) is 1.95. The van der Waals surface area contributed by atoms with Crippen molar-refractivity contribution in [2.75, 3.05) is 0 Å². The van der Waals surface area contributed by atoms with Gasteiger partial charge in [-0.3, -0.25) is 14.3 Å². The molecule has 0 radical (unpaired) electrons. The molecule has 0 bridgehead atoms. The van der Waals surface area contributed by atoms with Gasteiger partial charge in [0.15, 0.2) is 5.78 Å². The molecule has 6 nitrogen and oxygen atoms in total. The van der Waals surface area contributed by atoms with Gasteiger partial charge in [0.1, 0.15) is 11.4 Å². The molecule has 194 valence electrons. The van der Waals surface area contributed by atoms with Crippen LogP contribution in [0.5, 0.6) is 5.75 Å². The third-order valence-electron chi connectivity index (χ3n) is 7.23. The Morgan fingerprint density at radius 1 is 1.14 bits per heavy atom. The van der Waals surface area contributed by atoms with Crippen LogP contribution in [0.4, 0.5) is 8.78 Å². The molecule has 37 heavy (non-hydrogen) atoms. The van der Waals surface area contributed by atoms with Gasteiger partial charge in [0.05, 0.1) is 22.3 Å². The Kier molecular flexibility index (Phi) is 6.98. The molecule has 3 aromatic rings. The van der Waals surface area contributed by atoms with Crippen LogP contribution in [-0.2, 0) is 25.9 Å². The molecular formula is C27H25Cl2F2N3O3. The monoisotopic (exact) mass is 547 g/mol. The van der Waals surface area contributed by atoms with Crippen LogP contribution in [-0.4, -0.2) is 39.0 Å². The smallest absolute Gasteiger partial charge is 0.387 e. The number of alkyl halides is 2. The number of ketones is 1. The first-order chi connectivity index (χ1) is 17.6. The molecule has 0 saturated heterocycles. The molecule has 3 atom stereocenters. The molecule has 0 N–H and O–H groups in total. The average molecular weight is 548 g/mol. The van der Waals surface area contributed by atoms with Crippen LogP contribution in [0.25, 0.3) is 0 Å². The van der Waals surface area contributed by atoms with Gasteiger partial charge in [-0.15, -0.1) is 0 Å². The predicted octanol–water partition coefficient (Wildman–Crippen LogP) is 6.07. The molecule has 1 aromatic heterocycles. The van der Waals surface area contributed by atoms with Gasteiger partial charge in [-0.25, -0.2) is 0 Å². The molecule has 2 aliphatic rings. The third kappa shape index (κ3) is 4.97. The van der Waals surface area contributed by atoms with Crippen LogP contribution in [0.2, 0.25) is 10.0 Å². The minimum absolute atomic E-state index is 0.0168. The second-order valence-electron chi connectivity index (χ2n) is 9.75. The predicted molar refractivity (Wildman–Crippen MR) is 135 cm³/mol. The lowest BCUT2D eigenvalue weighted by atomic mass is 9.80. The van der Waals surface area contributed by atoms with Crippen molar-refractivity contribution in [3.8, 4) is 5.75 Å². The molecule has 0 spiro atoms. The van der Waals surface area contributed by atoms with Crippen LogP contribution in [0.1, 0.15) is 51.5 Å². The van der Waals surface area contributed by atoms with E-state index in [-0.39, 0.29) is 41.9 Å². The minimum Gasteiger partial charge on any atom is -0.435 e. The summed E-state index contributed by atoms with van der Waals surface area (Å²) in [6.07, 6.45) is 1.01. The lowest BCUT2D eigenvalue weighted by Crippen LogP contribution is -2.43. The van der Waals surface area contributed by atoms with Gasteiger partial charge < -0.3 is 9.64 Å². The van der Waals surface area contributed by atoms with Crippen molar-refractivity contribution in [1.29, 1.82) is 0 Å². The van der Waals surface area contributed by atoms with E-state index < -0.39 is 6.61 Å². The Hall–Kier alpha value is -2.97. The normalized spacial score (nSPS) is 21.1. The maximum atomic E-state index is 13.8. The number of benzene rings is 2. The Morgan fingerprint density at radius 2 is 1.86 bits per heavy atom. The molecule has 2 aromatic carbocycles. The summed E-state index contributed by atoms with van der Waals surface area (Å²) in [5.74, 6) is -0.388. The first-order valence-electron chi connectivity index (χ1n) is 12.0. The summed E-state index contributed by atoms with van der Waals surface area (Å²) in [4.78, 5) is 28.9. The van der Waals surface area contributed by atoms with E-state index in [1.807, 2.05) is 13.8 Å². The minimum atomic E-state index is -2.89. The standard InChI is InChI=1S/C27H25Cl2F2N3O3/c1-14-12-34-24(25(35)19(14)10-16-3-6-18(7-4-16)37-27(30)31)20-13-33(15(2)9-23(20)32-34)26(36)17-5-8-21(28)22(29)11-17/h3-8,11,14-15,19,27H,9-10,12-13H2,1-2H3/t14?,15-,19?/m1/s1. The summed E-state index contributed by atoms with van der Waals surface area (Å²) >= 11 is 12.2. The lowest BCUT2D eigenvalue weighted by Gasteiger charge is -2.34. The quantitative estimate of drug-likeness (QED) is 0.389. The molecule has 0 fully saturated rings. The van der Waals surface area contributed by atoms with Gasteiger partial charge in [-0.05, 0) is 55.2 Å². The highest BCUT2D eigenvalue weighted by Crippen LogP contribution is 2.35. The first kappa shape index (κ1) is 25.7. The number of nitrogens with zero attached hydrogens (tertiary/aromatic N) is 3. The van der Waals surface area contributed by atoms with Gasteiger partial charge in [-0.1, -0.05) is 42.3 Å². The van der Waals surface area contributed by atoms with Crippen LogP contribution >= 0.6 is 23.2 Å². The van der Waals surface area contributed by atoms with Crippen molar-refractivity contribution in [3.05, 3.63) is 80.6 Å². The summed E-state index contributed by atoms with van der Waals surface area (Å²) < 4.78 is 31.1. The van der Waals surface area contributed by atoms with Crippen molar-refractivity contribution in [2.45, 2.75) is 52.4 Å². The highest BCUT2D eigenvalue weighted by molar-refractivity contribution is 6.42. The lowest BCUT2D eigenvalue weighted by molar-refractivity contribution is -0.0498. The molecule has 5 rings (SSSR count). The Morgan fingerprint density at radius 3 is 2.54 bits per heavy atom. The van der Waals surface area contributed by atoms with E-state index in [1.54, 1.807) is 39.9 Å². The third-order valence-corrected chi connectivity index (χ3v) is 7.97. The second-order valence-corrected chi connectivity index (χ2v) is 10.6. The van der Waals surface area contributed by atoms with Crippen molar-refractivity contribution >= 4 is 34.9 Å².